The normalized spacial score (nSPS) is 9.86. The molecule has 2 rings (SSSR count). The van der Waals surface area contributed by atoms with Gasteiger partial charge in [0.1, 0.15) is 18.1 Å². The van der Waals surface area contributed by atoms with E-state index in [-0.39, 0.29) is 6.03 Å². The van der Waals surface area contributed by atoms with Crippen molar-refractivity contribution >= 4 is 6.03 Å². The summed E-state index contributed by atoms with van der Waals surface area (Å²) in [5.74, 6) is 1.46. The molecule has 0 aromatic heterocycles. The van der Waals surface area contributed by atoms with Gasteiger partial charge in [-0.2, -0.15) is 0 Å². The average Bonchev–Trinajstić information content (AvgIpc) is 2.58. The van der Waals surface area contributed by atoms with Crippen LogP contribution in [-0.4, -0.2) is 26.3 Å². The quantitative estimate of drug-likeness (QED) is 0.773. The average molecular weight is 300 g/mol. The van der Waals surface area contributed by atoms with Crippen molar-refractivity contribution in [2.45, 2.75) is 6.54 Å². The first-order valence-corrected chi connectivity index (χ1v) is 7.10. The Kier molecular flexibility index (Phi) is 6.11. The number of ether oxygens (including phenoxy) is 2. The molecule has 5 nitrogen and oxygen atoms in total. The van der Waals surface area contributed by atoms with E-state index in [1.165, 1.54) is 0 Å². The van der Waals surface area contributed by atoms with Gasteiger partial charge in [0, 0.05) is 12.6 Å². The number of urea groups is 1. The minimum atomic E-state index is -0.210. The standard InChI is InChI=1S/C17H20N2O3/c1-21-15-8-5-9-16(12-15)22-11-10-18-17(20)19-13-14-6-3-2-4-7-14/h2-9,12H,10-11,13H2,1H3,(H2,18,19,20). The van der Waals surface area contributed by atoms with Gasteiger partial charge in [0.25, 0.3) is 0 Å². The van der Waals surface area contributed by atoms with E-state index in [4.69, 9.17) is 9.47 Å². The number of carbonyl (C=O) groups is 1. The zero-order valence-corrected chi connectivity index (χ0v) is 12.5. The van der Waals surface area contributed by atoms with E-state index in [2.05, 4.69) is 10.6 Å². The molecule has 2 aromatic rings. The number of methoxy groups -OCH3 is 1. The molecular weight excluding hydrogens is 280 g/mol. The van der Waals surface area contributed by atoms with Gasteiger partial charge in [-0.05, 0) is 17.7 Å². The Labute approximate surface area is 130 Å². The zero-order chi connectivity index (χ0) is 15.6. The van der Waals surface area contributed by atoms with Crippen LogP contribution in [0.15, 0.2) is 54.6 Å². The fourth-order valence-corrected chi connectivity index (χ4v) is 1.87. The molecule has 0 fully saturated rings. The number of carbonyl (C=O) groups excluding carboxylic acids is 1. The maximum atomic E-state index is 11.6. The first kappa shape index (κ1) is 15.7. The summed E-state index contributed by atoms with van der Waals surface area (Å²) >= 11 is 0. The Morgan fingerprint density at radius 3 is 2.55 bits per heavy atom. The van der Waals surface area contributed by atoms with E-state index in [9.17, 15) is 4.79 Å². The smallest absolute Gasteiger partial charge is 0.315 e. The van der Waals surface area contributed by atoms with E-state index < -0.39 is 0 Å². The van der Waals surface area contributed by atoms with E-state index in [1.807, 2.05) is 48.5 Å². The van der Waals surface area contributed by atoms with Crippen LogP contribution in [0.25, 0.3) is 0 Å². The van der Waals surface area contributed by atoms with Crippen LogP contribution in [-0.2, 0) is 6.54 Å². The largest absolute Gasteiger partial charge is 0.497 e. The molecule has 5 heteroatoms. The zero-order valence-electron chi connectivity index (χ0n) is 12.5. The molecule has 0 heterocycles. The highest BCUT2D eigenvalue weighted by molar-refractivity contribution is 5.73. The molecule has 0 atom stereocenters. The maximum Gasteiger partial charge on any atom is 0.315 e. The first-order valence-electron chi connectivity index (χ1n) is 7.10. The van der Waals surface area contributed by atoms with Crippen LogP contribution < -0.4 is 20.1 Å². The Bertz CT molecular complexity index is 587. The third-order valence-electron chi connectivity index (χ3n) is 2.99. The Morgan fingerprint density at radius 2 is 1.77 bits per heavy atom. The molecule has 0 bridgehead atoms. The summed E-state index contributed by atoms with van der Waals surface area (Å²) in [4.78, 5) is 11.6. The lowest BCUT2D eigenvalue weighted by atomic mass is 10.2. The van der Waals surface area contributed by atoms with Gasteiger partial charge >= 0.3 is 6.03 Å². The predicted molar refractivity (Wildman–Crippen MR) is 85.2 cm³/mol. The van der Waals surface area contributed by atoms with Crippen LogP contribution in [0.1, 0.15) is 5.56 Å². The number of rotatable bonds is 7. The van der Waals surface area contributed by atoms with Gasteiger partial charge in [-0.1, -0.05) is 36.4 Å². The van der Waals surface area contributed by atoms with Crippen LogP contribution in [0.3, 0.4) is 0 Å². The number of amides is 2. The highest BCUT2D eigenvalue weighted by Gasteiger charge is 2.00. The minimum Gasteiger partial charge on any atom is -0.497 e. The molecule has 0 saturated heterocycles. The monoisotopic (exact) mass is 300 g/mol. The van der Waals surface area contributed by atoms with Gasteiger partial charge in [0.15, 0.2) is 0 Å². The molecule has 116 valence electrons. The fourth-order valence-electron chi connectivity index (χ4n) is 1.87. The van der Waals surface area contributed by atoms with E-state index in [1.54, 1.807) is 13.2 Å². The van der Waals surface area contributed by atoms with Crippen LogP contribution in [0, 0.1) is 0 Å². The Morgan fingerprint density at radius 1 is 1.00 bits per heavy atom. The predicted octanol–water partition coefficient (Wildman–Crippen LogP) is 2.57. The molecule has 0 aliphatic carbocycles. The second kappa shape index (κ2) is 8.56. The van der Waals surface area contributed by atoms with Crippen molar-refractivity contribution in [1.82, 2.24) is 10.6 Å². The topological polar surface area (TPSA) is 59.6 Å². The SMILES string of the molecule is COc1cccc(OCCNC(=O)NCc2ccccc2)c1. The van der Waals surface area contributed by atoms with Crippen molar-refractivity contribution in [1.29, 1.82) is 0 Å². The third-order valence-corrected chi connectivity index (χ3v) is 2.99. The first-order chi connectivity index (χ1) is 10.8. The summed E-state index contributed by atoms with van der Waals surface area (Å²) in [5.41, 5.74) is 1.06. The molecule has 0 saturated carbocycles. The van der Waals surface area contributed by atoms with Crippen molar-refractivity contribution in [3.8, 4) is 11.5 Å². The van der Waals surface area contributed by atoms with Gasteiger partial charge in [-0.25, -0.2) is 4.79 Å². The van der Waals surface area contributed by atoms with Crippen LogP contribution in [0.4, 0.5) is 4.79 Å². The molecule has 0 aliphatic heterocycles. The second-order valence-electron chi connectivity index (χ2n) is 4.62. The van der Waals surface area contributed by atoms with Crippen LogP contribution in [0.2, 0.25) is 0 Å². The summed E-state index contributed by atoms with van der Waals surface area (Å²) in [6.45, 7) is 1.33. The number of hydrogen-bond acceptors (Lipinski definition) is 3. The summed E-state index contributed by atoms with van der Waals surface area (Å²) in [6.07, 6.45) is 0. The highest BCUT2D eigenvalue weighted by Crippen LogP contribution is 2.18. The summed E-state index contributed by atoms with van der Waals surface area (Å²) < 4.78 is 10.7. The molecule has 0 unspecified atom stereocenters. The second-order valence-corrected chi connectivity index (χ2v) is 4.62. The number of benzene rings is 2. The third kappa shape index (κ3) is 5.36. The van der Waals surface area contributed by atoms with Crippen LogP contribution >= 0.6 is 0 Å². The van der Waals surface area contributed by atoms with Gasteiger partial charge in [0.05, 0.1) is 13.7 Å². The Hall–Kier alpha value is -2.69. The van der Waals surface area contributed by atoms with Gasteiger partial charge in [-0.3, -0.25) is 0 Å². The number of hydrogen-bond donors (Lipinski definition) is 2. The lowest BCUT2D eigenvalue weighted by molar-refractivity contribution is 0.236. The Balaban J connectivity index is 1.62. The molecule has 0 spiro atoms. The van der Waals surface area contributed by atoms with Gasteiger partial charge in [0.2, 0.25) is 0 Å². The van der Waals surface area contributed by atoms with E-state index >= 15 is 0 Å². The molecular formula is C17H20N2O3. The molecule has 2 aromatic carbocycles. The van der Waals surface area contributed by atoms with Gasteiger partial charge in [-0.15, -0.1) is 0 Å². The maximum absolute atomic E-state index is 11.6. The summed E-state index contributed by atoms with van der Waals surface area (Å²) in [6, 6.07) is 16.9. The highest BCUT2D eigenvalue weighted by atomic mass is 16.5. The lowest BCUT2D eigenvalue weighted by Gasteiger charge is -2.10. The molecule has 22 heavy (non-hydrogen) atoms. The summed E-state index contributed by atoms with van der Waals surface area (Å²) in [5, 5.41) is 5.54. The van der Waals surface area contributed by atoms with Crippen molar-refractivity contribution in [3.63, 3.8) is 0 Å². The number of nitrogens with one attached hydrogen (secondary N) is 2. The fraction of sp³-hybridized carbons (Fsp3) is 0.235. The van der Waals surface area contributed by atoms with Crippen molar-refractivity contribution in [2.75, 3.05) is 20.3 Å². The lowest BCUT2D eigenvalue weighted by Crippen LogP contribution is -2.37. The molecule has 0 radical (unpaired) electrons. The molecule has 0 aliphatic rings. The summed E-state index contributed by atoms with van der Waals surface area (Å²) in [7, 11) is 1.61. The van der Waals surface area contributed by atoms with Gasteiger partial charge < -0.3 is 20.1 Å². The van der Waals surface area contributed by atoms with Crippen molar-refractivity contribution in [3.05, 3.63) is 60.2 Å². The van der Waals surface area contributed by atoms with E-state index in [0.29, 0.717) is 25.4 Å². The van der Waals surface area contributed by atoms with E-state index in [0.717, 1.165) is 11.3 Å². The molecule has 2 amide bonds. The van der Waals surface area contributed by atoms with Crippen molar-refractivity contribution < 1.29 is 14.3 Å². The van der Waals surface area contributed by atoms with Crippen molar-refractivity contribution in [2.24, 2.45) is 0 Å². The minimum absolute atomic E-state index is 0.210. The van der Waals surface area contributed by atoms with Crippen LogP contribution in [0.5, 0.6) is 11.5 Å². The molecule has 2 N–H and O–H groups in total.